The molecular formula is C21H50O7Si5. The van der Waals surface area contributed by atoms with Crippen molar-refractivity contribution < 1.29 is 31.7 Å². The van der Waals surface area contributed by atoms with E-state index in [-0.39, 0.29) is 12.4 Å². The second-order valence-corrected chi connectivity index (χ2v) is 35.7. The molecule has 0 aliphatic heterocycles. The molecule has 196 valence electrons. The van der Waals surface area contributed by atoms with E-state index in [1.54, 1.807) is 0 Å². The summed E-state index contributed by atoms with van der Waals surface area (Å²) >= 11 is 0. The highest BCUT2D eigenvalue weighted by molar-refractivity contribution is 6.72. The lowest BCUT2D eigenvalue weighted by molar-refractivity contribution is -0.153. The summed E-state index contributed by atoms with van der Waals surface area (Å²) in [4.78, 5) is 26.5. The van der Waals surface area contributed by atoms with Crippen molar-refractivity contribution in [2.75, 3.05) is 0 Å². The van der Waals surface area contributed by atoms with Gasteiger partial charge in [0.1, 0.15) is 6.10 Å². The molecule has 0 N–H and O–H groups in total. The van der Waals surface area contributed by atoms with Gasteiger partial charge in [0.25, 0.3) is 0 Å². The van der Waals surface area contributed by atoms with Crippen LogP contribution in [-0.2, 0) is 31.7 Å². The first-order valence-corrected chi connectivity index (χ1v) is 28.8. The van der Waals surface area contributed by atoms with Crippen molar-refractivity contribution in [1.29, 1.82) is 0 Å². The van der Waals surface area contributed by atoms with E-state index in [1.165, 1.54) is 0 Å². The van der Waals surface area contributed by atoms with Crippen LogP contribution in [0.15, 0.2) is 0 Å². The van der Waals surface area contributed by atoms with Crippen molar-refractivity contribution in [3.05, 3.63) is 0 Å². The van der Waals surface area contributed by atoms with Crippen LogP contribution < -0.4 is 0 Å². The summed E-state index contributed by atoms with van der Waals surface area (Å²) in [5, 5.41) is 0. The summed E-state index contributed by atoms with van der Waals surface area (Å²) in [5.74, 6) is -0.795. The molecule has 3 atom stereocenters. The molecule has 0 heterocycles. The molecule has 0 aliphatic rings. The van der Waals surface area contributed by atoms with Gasteiger partial charge in [-0.3, -0.25) is 9.59 Å². The lowest BCUT2D eigenvalue weighted by atomic mass is 10.1. The van der Waals surface area contributed by atoms with Crippen LogP contribution in [0.2, 0.25) is 98.2 Å². The Hall–Kier alpha value is -0.0956. The zero-order chi connectivity index (χ0) is 26.6. The van der Waals surface area contributed by atoms with Crippen LogP contribution in [0, 0.1) is 0 Å². The largest absolute Gasteiger partial charge is 0.518 e. The molecule has 0 saturated carbocycles. The Labute approximate surface area is 207 Å². The molecule has 0 aromatic rings. The maximum absolute atomic E-state index is 13.3. The topological polar surface area (TPSA) is 80.3 Å². The van der Waals surface area contributed by atoms with Crippen LogP contribution in [0.1, 0.15) is 6.42 Å². The molecular weight excluding hydrogens is 505 g/mol. The standard InChI is InChI=1S/C21H50O7Si5/c1-29(2,3)24-17(19(26-31(7,8)9)21(23)28-33(13,14)15)16-18(25-30(4,5)6)20(22)27-32(10,11)12/h17-19H,16H2,1-15H3. The first kappa shape index (κ1) is 32.9. The summed E-state index contributed by atoms with van der Waals surface area (Å²) in [6, 6.07) is 0. The van der Waals surface area contributed by atoms with Gasteiger partial charge >= 0.3 is 11.9 Å². The molecule has 0 saturated heterocycles. The third-order valence-corrected chi connectivity index (χ3v) is 8.16. The second-order valence-electron chi connectivity index (χ2n) is 13.4. The molecule has 33 heavy (non-hydrogen) atoms. The summed E-state index contributed by atoms with van der Waals surface area (Å²) in [6.45, 7) is 30.2. The van der Waals surface area contributed by atoms with Crippen molar-refractivity contribution in [2.45, 2.75) is 123 Å². The van der Waals surface area contributed by atoms with E-state index in [9.17, 15) is 9.59 Å². The molecule has 0 fully saturated rings. The molecule has 0 bridgehead atoms. The summed E-state index contributed by atoms with van der Waals surface area (Å²) in [6.07, 6.45) is -2.21. The van der Waals surface area contributed by atoms with E-state index in [0.29, 0.717) is 0 Å². The Bertz CT molecular complexity index is 652. The second kappa shape index (κ2) is 11.8. The quantitative estimate of drug-likeness (QED) is 0.266. The highest BCUT2D eigenvalue weighted by Crippen LogP contribution is 2.26. The van der Waals surface area contributed by atoms with Crippen LogP contribution in [0.3, 0.4) is 0 Å². The molecule has 0 aromatic carbocycles. The van der Waals surface area contributed by atoms with E-state index in [0.717, 1.165) is 0 Å². The van der Waals surface area contributed by atoms with E-state index in [2.05, 4.69) is 19.6 Å². The zero-order valence-electron chi connectivity index (χ0n) is 23.8. The van der Waals surface area contributed by atoms with E-state index < -0.39 is 65.9 Å². The van der Waals surface area contributed by atoms with Crippen molar-refractivity contribution in [3.8, 4) is 0 Å². The maximum Gasteiger partial charge on any atom is 0.323 e. The van der Waals surface area contributed by atoms with Crippen molar-refractivity contribution in [2.24, 2.45) is 0 Å². The van der Waals surface area contributed by atoms with Crippen molar-refractivity contribution in [3.63, 3.8) is 0 Å². The summed E-state index contributed by atoms with van der Waals surface area (Å²) in [7, 11) is -10.7. The van der Waals surface area contributed by atoms with Gasteiger partial charge in [-0.05, 0) is 98.2 Å². The summed E-state index contributed by atoms with van der Waals surface area (Å²) in [5.41, 5.74) is 0. The molecule has 0 amide bonds. The van der Waals surface area contributed by atoms with Crippen LogP contribution in [-0.4, -0.2) is 71.8 Å². The van der Waals surface area contributed by atoms with Gasteiger partial charge in [-0.25, -0.2) is 0 Å². The van der Waals surface area contributed by atoms with E-state index in [4.69, 9.17) is 22.1 Å². The Morgan fingerprint density at radius 2 is 0.879 bits per heavy atom. The first-order chi connectivity index (χ1) is 14.3. The fourth-order valence-electron chi connectivity index (χ4n) is 2.90. The monoisotopic (exact) mass is 554 g/mol. The number of hydrogen-bond acceptors (Lipinski definition) is 7. The van der Waals surface area contributed by atoms with Gasteiger partial charge in [-0.1, -0.05) is 0 Å². The molecule has 7 nitrogen and oxygen atoms in total. The van der Waals surface area contributed by atoms with Crippen LogP contribution >= 0.6 is 0 Å². The average molecular weight is 555 g/mol. The van der Waals surface area contributed by atoms with Crippen LogP contribution in [0.4, 0.5) is 0 Å². The van der Waals surface area contributed by atoms with Crippen molar-refractivity contribution >= 4 is 53.5 Å². The smallest absolute Gasteiger partial charge is 0.323 e. The fraction of sp³-hybridized carbons (Fsp3) is 0.905. The Morgan fingerprint density at radius 3 is 1.21 bits per heavy atom. The van der Waals surface area contributed by atoms with Crippen LogP contribution in [0.25, 0.3) is 0 Å². The minimum atomic E-state index is -2.16. The Morgan fingerprint density at radius 1 is 0.515 bits per heavy atom. The Kier molecular flexibility index (Phi) is 11.7. The molecule has 0 radical (unpaired) electrons. The predicted octanol–water partition coefficient (Wildman–Crippen LogP) is 5.79. The fourth-order valence-corrected chi connectivity index (χ4v) is 7.54. The number of rotatable bonds is 13. The van der Waals surface area contributed by atoms with Crippen LogP contribution in [0.5, 0.6) is 0 Å². The Balaban J connectivity index is 6.31. The summed E-state index contributed by atoms with van der Waals surface area (Å²) < 4.78 is 30.8. The van der Waals surface area contributed by atoms with Gasteiger partial charge < -0.3 is 22.1 Å². The molecule has 0 aliphatic carbocycles. The third-order valence-electron chi connectivity index (χ3n) is 3.57. The minimum Gasteiger partial charge on any atom is -0.518 e. The normalized spacial score (nSPS) is 16.7. The lowest BCUT2D eigenvalue weighted by Gasteiger charge is -2.38. The molecule has 12 heteroatoms. The molecule has 0 spiro atoms. The molecule has 0 rings (SSSR count). The predicted molar refractivity (Wildman–Crippen MR) is 148 cm³/mol. The van der Waals surface area contributed by atoms with Gasteiger partial charge in [0.15, 0.2) is 31.1 Å². The van der Waals surface area contributed by atoms with Crippen molar-refractivity contribution in [1.82, 2.24) is 0 Å². The molecule has 3 unspecified atom stereocenters. The maximum atomic E-state index is 13.3. The number of carbonyl (C=O) groups excluding carboxylic acids is 2. The first-order valence-electron chi connectivity index (χ1n) is 11.8. The number of hydrogen-bond donors (Lipinski definition) is 0. The highest BCUT2D eigenvalue weighted by Gasteiger charge is 2.43. The highest BCUT2D eigenvalue weighted by atomic mass is 28.4. The van der Waals surface area contributed by atoms with Gasteiger partial charge in [-0.15, -0.1) is 0 Å². The average Bonchev–Trinajstić information content (AvgIpc) is 2.44. The lowest BCUT2D eigenvalue weighted by Crippen LogP contribution is -2.53. The minimum absolute atomic E-state index is 0.188. The van der Waals surface area contributed by atoms with Gasteiger partial charge in [0, 0.05) is 6.42 Å². The molecule has 0 aromatic heterocycles. The van der Waals surface area contributed by atoms with Gasteiger partial charge in [-0.2, -0.15) is 0 Å². The van der Waals surface area contributed by atoms with Gasteiger partial charge in [0.2, 0.25) is 16.6 Å². The van der Waals surface area contributed by atoms with E-state index in [1.807, 2.05) is 78.6 Å². The zero-order valence-corrected chi connectivity index (χ0v) is 28.8. The SMILES string of the molecule is C[Si](C)(C)OC(=O)C(CC(O[Si](C)(C)C)C(O[Si](C)(C)C)C(=O)O[Si](C)(C)C)O[Si](C)(C)C. The number of carbonyl (C=O) groups is 2. The van der Waals surface area contributed by atoms with E-state index >= 15 is 0 Å². The van der Waals surface area contributed by atoms with Gasteiger partial charge in [0.05, 0.1) is 6.10 Å². The third kappa shape index (κ3) is 17.1.